The van der Waals surface area contributed by atoms with Crippen LogP contribution < -0.4 is 9.47 Å². The summed E-state index contributed by atoms with van der Waals surface area (Å²) in [5, 5.41) is 38.6. The van der Waals surface area contributed by atoms with Gasteiger partial charge in [0.15, 0.2) is 0 Å². The zero-order valence-corrected chi connectivity index (χ0v) is 38.4. The Labute approximate surface area is 392 Å². The Morgan fingerprint density at radius 1 is 0.970 bits per heavy atom. The van der Waals surface area contributed by atoms with Gasteiger partial charge in [-0.1, -0.05) is 67.4 Å². The molecule has 0 radical (unpaired) electrons. The Morgan fingerprint density at radius 2 is 1.73 bits per heavy atom. The van der Waals surface area contributed by atoms with Crippen LogP contribution in [0.15, 0.2) is 120 Å². The number of carbonyl (C=O) groups is 1. The van der Waals surface area contributed by atoms with Gasteiger partial charge in [0.2, 0.25) is 18.0 Å². The van der Waals surface area contributed by atoms with Gasteiger partial charge >= 0.3 is 0 Å². The summed E-state index contributed by atoms with van der Waals surface area (Å²) in [5.41, 5.74) is 3.18. The quantitative estimate of drug-likeness (QED) is 0.0270. The summed E-state index contributed by atoms with van der Waals surface area (Å²) in [6.07, 6.45) is 14.7. The second-order valence-corrected chi connectivity index (χ2v) is 18.0. The molecular formula is C54H63N3O10. The number of oxime groups is 1. The maximum atomic E-state index is 14.8. The Hall–Kier alpha value is -5.86. The standard InChI is InChI=1S/C54H63N3O10/c1-3-28-56(50(60)27-20-37-18-22-41(23-19-37)57(61)62)49-36-47(55-67-51-17-9-12-32-63-51)45-34-40(15-7-10-29-58)44(16-8-11-30-59)52-46-35-43(65-42-24-21-38-13-5-6-14-39(38)33-42)25-26-48(46)66-54(49,53(45)52)64-31-4-2/h4-6,13-14,18-27,33-35,40,44,49,51-53,58-59H,2-3,7-12,15-17,28-32,36H2,1H3/t40-,44+,49-,51?,52+,53+,54+/m0/s1. The van der Waals surface area contributed by atoms with Crippen molar-refractivity contribution in [1.82, 2.24) is 4.90 Å². The molecule has 0 aromatic heterocycles. The van der Waals surface area contributed by atoms with Crippen LogP contribution in [-0.2, 0) is 19.1 Å². The normalized spacial score (nSPS) is 24.9. The van der Waals surface area contributed by atoms with Crippen molar-refractivity contribution < 1.29 is 43.7 Å². The van der Waals surface area contributed by atoms with E-state index in [0.29, 0.717) is 67.4 Å². The molecule has 0 spiro atoms. The first-order chi connectivity index (χ1) is 32.8. The van der Waals surface area contributed by atoms with Gasteiger partial charge in [-0.25, -0.2) is 0 Å². The zero-order valence-electron chi connectivity index (χ0n) is 38.4. The van der Waals surface area contributed by atoms with Crippen LogP contribution in [0.1, 0.15) is 94.6 Å². The second kappa shape index (κ2) is 22.3. The molecule has 2 aliphatic heterocycles. The highest BCUT2D eigenvalue weighted by molar-refractivity contribution is 6.03. The summed E-state index contributed by atoms with van der Waals surface area (Å²) in [6, 6.07) is 25.6. The molecule has 4 aromatic carbocycles. The first-order valence-electron chi connectivity index (χ1n) is 24.0. The summed E-state index contributed by atoms with van der Waals surface area (Å²) in [6.45, 7) is 7.33. The van der Waals surface area contributed by atoms with Crippen molar-refractivity contribution in [3.8, 4) is 17.2 Å². The smallest absolute Gasteiger partial charge is 0.269 e. The van der Waals surface area contributed by atoms with Crippen molar-refractivity contribution in [3.05, 3.63) is 137 Å². The lowest BCUT2D eigenvalue weighted by Gasteiger charge is -2.60. The molecule has 0 bridgehead atoms. The van der Waals surface area contributed by atoms with Crippen LogP contribution in [0, 0.1) is 27.9 Å². The van der Waals surface area contributed by atoms with Gasteiger partial charge in [0, 0.05) is 62.3 Å². The van der Waals surface area contributed by atoms with Crippen LogP contribution in [0.2, 0.25) is 0 Å². The van der Waals surface area contributed by atoms with Gasteiger partial charge in [-0.15, -0.1) is 6.58 Å². The summed E-state index contributed by atoms with van der Waals surface area (Å²) < 4.78 is 27.2. The number of unbranched alkanes of at least 4 members (excludes halogenated alkanes) is 2. The maximum absolute atomic E-state index is 14.8. The molecule has 2 N–H and O–H groups in total. The fourth-order valence-electron chi connectivity index (χ4n) is 10.6. The molecule has 354 valence electrons. The number of nitro groups is 1. The largest absolute Gasteiger partial charge is 0.459 e. The van der Waals surface area contributed by atoms with Crippen molar-refractivity contribution in [1.29, 1.82) is 0 Å². The van der Waals surface area contributed by atoms with E-state index < -0.39 is 29.0 Å². The number of benzene rings is 4. The van der Waals surface area contributed by atoms with E-state index >= 15 is 0 Å². The third-order valence-electron chi connectivity index (χ3n) is 13.7. The number of ether oxygens (including phenoxy) is 4. The van der Waals surface area contributed by atoms with E-state index in [0.717, 1.165) is 60.4 Å². The molecule has 1 amide bonds. The van der Waals surface area contributed by atoms with Crippen LogP contribution in [0.3, 0.4) is 0 Å². The number of aliphatic hydroxyl groups excluding tert-OH is 2. The molecule has 4 aliphatic rings. The van der Waals surface area contributed by atoms with Gasteiger partial charge in [0.1, 0.15) is 23.3 Å². The van der Waals surface area contributed by atoms with Crippen LogP contribution in [0.25, 0.3) is 16.8 Å². The zero-order chi connectivity index (χ0) is 46.8. The van der Waals surface area contributed by atoms with E-state index in [9.17, 15) is 25.1 Å². The van der Waals surface area contributed by atoms with Crippen molar-refractivity contribution in [2.45, 2.75) is 102 Å². The fraction of sp³-hybridized carbons (Fsp3) is 0.444. The highest BCUT2D eigenvalue weighted by Crippen LogP contribution is 2.62. The number of nitro benzene ring substituents is 1. The first-order valence-corrected chi connectivity index (χ1v) is 24.0. The van der Waals surface area contributed by atoms with Crippen LogP contribution >= 0.6 is 0 Å². The number of amides is 1. The monoisotopic (exact) mass is 913 g/mol. The van der Waals surface area contributed by atoms with E-state index in [-0.39, 0.29) is 55.6 Å². The number of hydrogen-bond donors (Lipinski definition) is 2. The number of hydrogen-bond acceptors (Lipinski definition) is 11. The van der Waals surface area contributed by atoms with Gasteiger partial charge in [0.05, 0.1) is 29.8 Å². The highest BCUT2D eigenvalue weighted by atomic mass is 16.8. The third kappa shape index (κ3) is 10.7. The fourth-order valence-corrected chi connectivity index (χ4v) is 10.6. The molecule has 67 heavy (non-hydrogen) atoms. The van der Waals surface area contributed by atoms with Gasteiger partial charge in [-0.05, 0) is 127 Å². The van der Waals surface area contributed by atoms with E-state index in [1.807, 2.05) is 48.2 Å². The molecule has 4 aromatic rings. The van der Waals surface area contributed by atoms with E-state index in [4.69, 9.17) is 28.9 Å². The molecule has 2 heterocycles. The average Bonchev–Trinajstić information content (AvgIpc) is 3.35. The Bertz CT molecular complexity index is 2450. The van der Waals surface area contributed by atoms with Gasteiger partial charge in [-0.3, -0.25) is 14.9 Å². The number of non-ortho nitro benzene ring substituents is 1. The minimum atomic E-state index is -1.43. The van der Waals surface area contributed by atoms with Crippen molar-refractivity contribution in [2.24, 2.45) is 22.9 Å². The number of allylic oxidation sites excluding steroid dienone is 1. The van der Waals surface area contributed by atoms with Crippen molar-refractivity contribution >= 4 is 34.2 Å². The summed E-state index contributed by atoms with van der Waals surface area (Å²) in [7, 11) is 0. The van der Waals surface area contributed by atoms with E-state index in [1.54, 1.807) is 24.3 Å². The Kier molecular flexibility index (Phi) is 15.8. The average molecular weight is 914 g/mol. The molecule has 2 aliphatic carbocycles. The molecule has 7 atom stereocenters. The predicted molar refractivity (Wildman–Crippen MR) is 258 cm³/mol. The highest BCUT2D eigenvalue weighted by Gasteiger charge is 2.65. The number of carbonyl (C=O) groups excluding carboxylic acids is 1. The SMILES string of the molecule is C=CCO[C@@]12Oc3ccc(Oc4ccc5ccccc5c4)cc3[C@H]3[C@H](CCCCO)[C@@H](CCCCO)C=C(C(=NOC4CCCCO4)C[C@@H]1N(CCC)C(=O)C=Cc1ccc([N+](=O)[O-])cc1)[C@H]32. The molecule has 13 nitrogen and oxygen atoms in total. The number of fused-ring (bicyclic) bond motifs is 3. The predicted octanol–water partition coefficient (Wildman–Crippen LogP) is 10.7. The molecule has 1 saturated heterocycles. The summed E-state index contributed by atoms with van der Waals surface area (Å²) in [5.74, 6) is -0.381. The topological polar surface area (TPSA) is 162 Å². The van der Waals surface area contributed by atoms with Crippen LogP contribution in [-0.4, -0.2) is 82.7 Å². The molecule has 1 unspecified atom stereocenters. The molecular weight excluding hydrogens is 851 g/mol. The summed E-state index contributed by atoms with van der Waals surface area (Å²) in [4.78, 5) is 33.9. The number of rotatable bonds is 21. The number of nitrogens with zero attached hydrogens (tertiary/aromatic N) is 3. The van der Waals surface area contributed by atoms with Gasteiger partial charge < -0.3 is 38.9 Å². The van der Waals surface area contributed by atoms with Crippen LogP contribution in [0.5, 0.6) is 17.2 Å². The minimum absolute atomic E-state index is 0.0317. The summed E-state index contributed by atoms with van der Waals surface area (Å²) >= 11 is 0. The maximum Gasteiger partial charge on any atom is 0.269 e. The first kappa shape index (κ1) is 47.6. The second-order valence-electron chi connectivity index (χ2n) is 18.0. The van der Waals surface area contributed by atoms with E-state index in [1.165, 1.54) is 18.2 Å². The minimum Gasteiger partial charge on any atom is -0.459 e. The van der Waals surface area contributed by atoms with Gasteiger partial charge in [-0.2, -0.15) is 0 Å². The Balaban J connectivity index is 1.29. The molecule has 2 fully saturated rings. The van der Waals surface area contributed by atoms with Crippen LogP contribution in [0.4, 0.5) is 5.69 Å². The van der Waals surface area contributed by atoms with Crippen molar-refractivity contribution in [3.63, 3.8) is 0 Å². The Morgan fingerprint density at radius 3 is 2.46 bits per heavy atom. The third-order valence-corrected chi connectivity index (χ3v) is 13.7. The van der Waals surface area contributed by atoms with Crippen molar-refractivity contribution in [2.75, 3.05) is 33.0 Å². The lowest BCUT2D eigenvalue weighted by Crippen LogP contribution is -2.70. The lowest BCUT2D eigenvalue weighted by atomic mass is 9.55. The molecule has 8 rings (SSSR count). The van der Waals surface area contributed by atoms with E-state index in [2.05, 4.69) is 36.9 Å². The number of aliphatic hydroxyl groups is 2. The molecule has 1 saturated carbocycles. The lowest BCUT2D eigenvalue weighted by molar-refractivity contribution is -0.384. The van der Waals surface area contributed by atoms with Gasteiger partial charge in [0.25, 0.3) is 5.69 Å². The molecule has 13 heteroatoms.